The lowest BCUT2D eigenvalue weighted by atomic mass is 10.2. The van der Waals surface area contributed by atoms with Crippen LogP contribution in [-0.4, -0.2) is 16.2 Å². The highest BCUT2D eigenvalue weighted by Crippen LogP contribution is 2.40. The Morgan fingerprint density at radius 1 is 1.19 bits per heavy atom. The molecule has 2 aromatic rings. The first-order valence-electron chi connectivity index (χ1n) is 7.39. The quantitative estimate of drug-likeness (QED) is 0.625. The van der Waals surface area contributed by atoms with Crippen molar-refractivity contribution in [3.05, 3.63) is 47.3 Å². The summed E-state index contributed by atoms with van der Waals surface area (Å²) < 4.78 is 0. The Hall–Kier alpha value is -2.23. The summed E-state index contributed by atoms with van der Waals surface area (Å²) in [5.41, 5.74) is 4.30. The van der Waals surface area contributed by atoms with Crippen LogP contribution in [-0.2, 0) is 0 Å². The third-order valence-corrected chi connectivity index (χ3v) is 3.62. The zero-order valence-electron chi connectivity index (χ0n) is 12.7. The fourth-order valence-electron chi connectivity index (χ4n) is 2.40. The largest absolute Gasteiger partial charge is 0.251 e. The lowest BCUT2D eigenvalue weighted by Crippen LogP contribution is -2.15. The number of anilines is 2. The molecule has 4 heteroatoms. The summed E-state index contributed by atoms with van der Waals surface area (Å²) in [6.45, 7) is 6.00. The van der Waals surface area contributed by atoms with Gasteiger partial charge in [0.05, 0.1) is 5.69 Å². The second kappa shape index (κ2) is 5.64. The Balaban J connectivity index is 2.07. The lowest BCUT2D eigenvalue weighted by molar-refractivity contribution is 0.907. The molecular weight excluding hydrogens is 260 g/mol. The maximum Gasteiger partial charge on any atom is 0.251 e. The number of aromatic nitrogens is 2. The minimum atomic E-state index is 0.606. The van der Waals surface area contributed by atoms with Crippen LogP contribution in [0.4, 0.5) is 11.6 Å². The van der Waals surface area contributed by atoms with Gasteiger partial charge in [0, 0.05) is 23.5 Å². The van der Waals surface area contributed by atoms with Crippen molar-refractivity contribution in [2.24, 2.45) is 5.10 Å². The maximum absolute atomic E-state index is 4.73. The number of para-hydroxylation sites is 1. The van der Waals surface area contributed by atoms with E-state index < -0.39 is 0 Å². The molecule has 0 amide bonds. The second-order valence-electron chi connectivity index (χ2n) is 5.48. The van der Waals surface area contributed by atoms with E-state index in [1.54, 1.807) is 6.21 Å². The van der Waals surface area contributed by atoms with Gasteiger partial charge < -0.3 is 0 Å². The topological polar surface area (TPSA) is 41.4 Å². The highest BCUT2D eigenvalue weighted by atomic mass is 15.5. The summed E-state index contributed by atoms with van der Waals surface area (Å²) in [6, 6.07) is 10.3. The van der Waals surface area contributed by atoms with Crippen LogP contribution in [0.2, 0.25) is 0 Å². The van der Waals surface area contributed by atoms with Gasteiger partial charge in [-0.25, -0.2) is 9.97 Å². The van der Waals surface area contributed by atoms with Gasteiger partial charge in [-0.3, -0.25) is 0 Å². The molecule has 1 fully saturated rings. The molecule has 0 saturated heterocycles. The second-order valence-corrected chi connectivity index (χ2v) is 5.48. The molecule has 1 heterocycles. The molecule has 108 valence electrons. The van der Waals surface area contributed by atoms with E-state index in [0.717, 1.165) is 22.6 Å². The first-order chi connectivity index (χ1) is 10.2. The molecule has 0 radical (unpaired) electrons. The van der Waals surface area contributed by atoms with E-state index in [0.29, 0.717) is 11.9 Å². The van der Waals surface area contributed by atoms with E-state index in [1.165, 1.54) is 12.8 Å². The van der Waals surface area contributed by atoms with E-state index in [2.05, 4.69) is 29.1 Å². The molecule has 1 aliphatic carbocycles. The first kappa shape index (κ1) is 13.7. The molecule has 0 spiro atoms. The first-order valence-corrected chi connectivity index (χ1v) is 7.39. The van der Waals surface area contributed by atoms with E-state index >= 15 is 0 Å². The van der Waals surface area contributed by atoms with Crippen molar-refractivity contribution >= 4 is 17.9 Å². The van der Waals surface area contributed by atoms with Crippen molar-refractivity contribution in [2.75, 3.05) is 5.01 Å². The molecule has 1 aliphatic rings. The summed E-state index contributed by atoms with van der Waals surface area (Å²) in [5, 5.41) is 6.30. The highest BCUT2D eigenvalue weighted by Gasteiger charge is 2.26. The standard InChI is InChI=1S/C17H20N4/c1-4-18-21(16-8-6-5-7-12(16)2)17-19-13(3)11-15(20-17)14-9-10-14/h4-8,11,14H,9-10H2,1-3H3. The molecule has 3 rings (SSSR count). The number of nitrogens with zero attached hydrogens (tertiary/aromatic N) is 4. The summed E-state index contributed by atoms with van der Waals surface area (Å²) in [6.07, 6.45) is 4.24. The minimum Gasteiger partial charge on any atom is -0.216 e. The van der Waals surface area contributed by atoms with Crippen molar-refractivity contribution in [3.8, 4) is 0 Å². The van der Waals surface area contributed by atoms with Crippen molar-refractivity contribution in [1.29, 1.82) is 0 Å². The molecule has 0 unspecified atom stereocenters. The Bertz CT molecular complexity index is 674. The van der Waals surface area contributed by atoms with Gasteiger partial charge in [0.15, 0.2) is 0 Å². The van der Waals surface area contributed by atoms with E-state index in [1.807, 2.05) is 37.1 Å². The van der Waals surface area contributed by atoms with E-state index in [-0.39, 0.29) is 0 Å². The van der Waals surface area contributed by atoms with Crippen LogP contribution in [0, 0.1) is 13.8 Å². The van der Waals surface area contributed by atoms with Crippen molar-refractivity contribution in [1.82, 2.24) is 9.97 Å². The molecule has 0 aliphatic heterocycles. The van der Waals surface area contributed by atoms with E-state index in [4.69, 9.17) is 4.98 Å². The molecule has 0 N–H and O–H groups in total. The normalized spacial score (nSPS) is 14.6. The van der Waals surface area contributed by atoms with Gasteiger partial charge in [-0.15, -0.1) is 0 Å². The van der Waals surface area contributed by atoms with Crippen molar-refractivity contribution in [2.45, 2.75) is 39.5 Å². The van der Waals surface area contributed by atoms with Gasteiger partial charge in [-0.1, -0.05) is 18.2 Å². The third-order valence-electron chi connectivity index (χ3n) is 3.62. The van der Waals surface area contributed by atoms with Gasteiger partial charge in [0.2, 0.25) is 0 Å². The monoisotopic (exact) mass is 280 g/mol. The third kappa shape index (κ3) is 2.94. The number of hydrogen-bond acceptors (Lipinski definition) is 4. The SMILES string of the molecule is CC=NN(c1nc(C)cc(C2CC2)n1)c1ccccc1C. The van der Waals surface area contributed by atoms with Crippen LogP contribution < -0.4 is 5.01 Å². The van der Waals surface area contributed by atoms with Crippen LogP contribution in [0.1, 0.15) is 42.6 Å². The Kier molecular flexibility index (Phi) is 3.69. The van der Waals surface area contributed by atoms with Gasteiger partial charge in [0.1, 0.15) is 0 Å². The summed E-state index contributed by atoms with van der Waals surface area (Å²) in [7, 11) is 0. The van der Waals surface area contributed by atoms with Gasteiger partial charge in [-0.05, 0) is 51.3 Å². The van der Waals surface area contributed by atoms with Crippen LogP contribution in [0.5, 0.6) is 0 Å². The van der Waals surface area contributed by atoms with E-state index in [9.17, 15) is 0 Å². The zero-order chi connectivity index (χ0) is 14.8. The molecule has 1 saturated carbocycles. The predicted molar refractivity (Wildman–Crippen MR) is 86.2 cm³/mol. The van der Waals surface area contributed by atoms with Crippen LogP contribution in [0.15, 0.2) is 35.4 Å². The van der Waals surface area contributed by atoms with Crippen molar-refractivity contribution < 1.29 is 0 Å². The molecule has 1 aromatic carbocycles. The van der Waals surface area contributed by atoms with Gasteiger partial charge >= 0.3 is 0 Å². The fraction of sp³-hybridized carbons (Fsp3) is 0.353. The fourth-order valence-corrected chi connectivity index (χ4v) is 2.40. The summed E-state index contributed by atoms with van der Waals surface area (Å²) in [5.74, 6) is 1.26. The smallest absolute Gasteiger partial charge is 0.216 e. The van der Waals surface area contributed by atoms with Crippen LogP contribution >= 0.6 is 0 Å². The Morgan fingerprint density at radius 3 is 2.62 bits per heavy atom. The maximum atomic E-state index is 4.73. The van der Waals surface area contributed by atoms with Gasteiger partial charge in [-0.2, -0.15) is 10.1 Å². The highest BCUT2D eigenvalue weighted by molar-refractivity contribution is 5.65. The lowest BCUT2D eigenvalue weighted by Gasteiger charge is -2.19. The zero-order valence-corrected chi connectivity index (χ0v) is 12.7. The molecule has 4 nitrogen and oxygen atoms in total. The molecular formula is C17H20N4. The molecule has 0 bridgehead atoms. The minimum absolute atomic E-state index is 0.606. The van der Waals surface area contributed by atoms with Gasteiger partial charge in [0.25, 0.3) is 5.95 Å². The number of benzene rings is 1. The summed E-state index contributed by atoms with van der Waals surface area (Å²) >= 11 is 0. The predicted octanol–water partition coefficient (Wildman–Crippen LogP) is 4.11. The number of hydrogen-bond donors (Lipinski definition) is 0. The number of hydrazone groups is 1. The molecule has 1 aromatic heterocycles. The summed E-state index contributed by atoms with van der Waals surface area (Å²) in [4.78, 5) is 9.31. The number of aryl methyl sites for hydroxylation is 2. The van der Waals surface area contributed by atoms with Crippen LogP contribution in [0.25, 0.3) is 0 Å². The molecule has 0 atom stereocenters. The Morgan fingerprint density at radius 2 is 1.95 bits per heavy atom. The number of rotatable bonds is 4. The average Bonchev–Trinajstić information content (AvgIpc) is 3.30. The molecule has 21 heavy (non-hydrogen) atoms. The van der Waals surface area contributed by atoms with Crippen LogP contribution in [0.3, 0.4) is 0 Å². The Labute approximate surface area is 125 Å². The average molecular weight is 280 g/mol. The van der Waals surface area contributed by atoms with Crippen molar-refractivity contribution in [3.63, 3.8) is 0 Å².